The molecule has 0 spiro atoms. The predicted octanol–water partition coefficient (Wildman–Crippen LogP) is 1.40. The molecule has 0 aliphatic heterocycles. The minimum Gasteiger partial charge on any atom is -0.344 e. The van der Waals surface area contributed by atoms with Crippen molar-refractivity contribution in [2.75, 3.05) is 13.6 Å². The van der Waals surface area contributed by atoms with Crippen molar-refractivity contribution in [2.45, 2.75) is 19.5 Å². The number of carbonyl (C=O) groups is 1. The van der Waals surface area contributed by atoms with E-state index in [1.54, 1.807) is 13.0 Å². The fourth-order valence-corrected chi connectivity index (χ4v) is 1.55. The maximum absolute atomic E-state index is 13.0. The molecule has 0 aromatic heterocycles. The molecule has 0 radical (unpaired) electrons. The van der Waals surface area contributed by atoms with Gasteiger partial charge in [0.25, 0.3) is 0 Å². The van der Waals surface area contributed by atoms with Gasteiger partial charge in [-0.1, -0.05) is 18.1 Å². The Kier molecular flexibility index (Phi) is 5.34. The summed E-state index contributed by atoms with van der Waals surface area (Å²) in [5.74, 6) is 1.94. The third-order valence-corrected chi connectivity index (χ3v) is 2.73. The average Bonchev–Trinajstić information content (AvgIpc) is 2.35. The van der Waals surface area contributed by atoms with Crippen LogP contribution in [-0.4, -0.2) is 30.4 Å². The SMILES string of the molecule is C#CCNC(=O)C(C)N(C)Cc1cccc(F)c1. The van der Waals surface area contributed by atoms with Crippen LogP contribution in [0.4, 0.5) is 4.39 Å². The number of benzene rings is 1. The number of terminal acetylenes is 1. The molecule has 0 aliphatic carbocycles. The minimum absolute atomic E-state index is 0.133. The molecule has 1 aromatic carbocycles. The highest BCUT2D eigenvalue weighted by Gasteiger charge is 2.17. The minimum atomic E-state index is -0.318. The molecule has 1 rings (SSSR count). The molecule has 0 saturated carbocycles. The molecule has 0 aliphatic rings. The van der Waals surface area contributed by atoms with Crippen LogP contribution in [0.15, 0.2) is 24.3 Å². The molecule has 3 nitrogen and oxygen atoms in total. The van der Waals surface area contributed by atoms with Gasteiger partial charge in [0.1, 0.15) is 5.82 Å². The van der Waals surface area contributed by atoms with E-state index in [-0.39, 0.29) is 24.3 Å². The number of nitrogens with zero attached hydrogens (tertiary/aromatic N) is 1. The fourth-order valence-electron chi connectivity index (χ4n) is 1.55. The first-order valence-electron chi connectivity index (χ1n) is 5.70. The van der Waals surface area contributed by atoms with E-state index >= 15 is 0 Å². The summed E-state index contributed by atoms with van der Waals surface area (Å²) in [5, 5.41) is 2.62. The molecule has 1 atom stereocenters. The van der Waals surface area contributed by atoms with Crippen molar-refractivity contribution in [3.63, 3.8) is 0 Å². The fraction of sp³-hybridized carbons (Fsp3) is 0.357. The van der Waals surface area contributed by atoms with E-state index in [1.807, 2.05) is 18.0 Å². The third-order valence-electron chi connectivity index (χ3n) is 2.73. The lowest BCUT2D eigenvalue weighted by molar-refractivity contribution is -0.125. The number of halogens is 1. The van der Waals surface area contributed by atoms with Crippen LogP contribution >= 0.6 is 0 Å². The molecule has 0 fully saturated rings. The third kappa shape index (κ3) is 4.19. The summed E-state index contributed by atoms with van der Waals surface area (Å²) >= 11 is 0. The largest absolute Gasteiger partial charge is 0.344 e. The summed E-state index contributed by atoms with van der Waals surface area (Å²) in [6.07, 6.45) is 5.07. The smallest absolute Gasteiger partial charge is 0.237 e. The Bertz CT molecular complexity index is 453. The van der Waals surface area contributed by atoms with Crippen molar-refractivity contribution < 1.29 is 9.18 Å². The standard InChI is InChI=1S/C14H17FN2O/c1-4-8-16-14(18)11(2)17(3)10-12-6-5-7-13(15)9-12/h1,5-7,9,11H,8,10H2,2-3H3,(H,16,18). The van der Waals surface area contributed by atoms with Crippen LogP contribution in [-0.2, 0) is 11.3 Å². The first-order chi connectivity index (χ1) is 8.54. The molecule has 96 valence electrons. The van der Waals surface area contributed by atoms with Gasteiger partial charge in [-0.25, -0.2) is 4.39 Å². The van der Waals surface area contributed by atoms with Crippen LogP contribution in [0.1, 0.15) is 12.5 Å². The highest BCUT2D eigenvalue weighted by molar-refractivity contribution is 5.81. The summed E-state index contributed by atoms with van der Waals surface area (Å²) in [5.41, 5.74) is 0.828. The zero-order valence-corrected chi connectivity index (χ0v) is 10.6. The van der Waals surface area contributed by atoms with Gasteiger partial charge in [0.05, 0.1) is 12.6 Å². The van der Waals surface area contributed by atoms with Gasteiger partial charge in [-0.2, -0.15) is 0 Å². The zero-order valence-electron chi connectivity index (χ0n) is 10.6. The van der Waals surface area contributed by atoms with E-state index in [2.05, 4.69) is 11.2 Å². The zero-order chi connectivity index (χ0) is 13.5. The molecule has 0 saturated heterocycles. The maximum Gasteiger partial charge on any atom is 0.237 e. The highest BCUT2D eigenvalue weighted by atomic mass is 19.1. The van der Waals surface area contributed by atoms with Crippen LogP contribution < -0.4 is 5.32 Å². The summed E-state index contributed by atoms with van der Waals surface area (Å²) < 4.78 is 13.0. The quantitative estimate of drug-likeness (QED) is 0.799. The number of likely N-dealkylation sites (N-methyl/N-ethyl adjacent to an activating group) is 1. The van der Waals surface area contributed by atoms with E-state index in [0.717, 1.165) is 5.56 Å². The number of carbonyl (C=O) groups excluding carboxylic acids is 1. The van der Waals surface area contributed by atoms with Crippen LogP contribution in [0.5, 0.6) is 0 Å². The van der Waals surface area contributed by atoms with Gasteiger partial charge < -0.3 is 5.32 Å². The number of hydrogen-bond acceptors (Lipinski definition) is 2. The topological polar surface area (TPSA) is 32.3 Å². The van der Waals surface area contributed by atoms with Crippen molar-refractivity contribution in [2.24, 2.45) is 0 Å². The lowest BCUT2D eigenvalue weighted by atomic mass is 10.2. The molecule has 18 heavy (non-hydrogen) atoms. The van der Waals surface area contributed by atoms with E-state index in [1.165, 1.54) is 12.1 Å². The summed E-state index contributed by atoms with van der Waals surface area (Å²) in [6, 6.07) is 6.02. The second kappa shape index (κ2) is 6.77. The first-order valence-corrected chi connectivity index (χ1v) is 5.70. The van der Waals surface area contributed by atoms with Crippen molar-refractivity contribution in [3.8, 4) is 12.3 Å². The van der Waals surface area contributed by atoms with Gasteiger partial charge in [0.2, 0.25) is 5.91 Å². The van der Waals surface area contributed by atoms with Crippen LogP contribution in [0, 0.1) is 18.2 Å². The van der Waals surface area contributed by atoms with Crippen molar-refractivity contribution in [3.05, 3.63) is 35.6 Å². The average molecular weight is 248 g/mol. The van der Waals surface area contributed by atoms with Crippen molar-refractivity contribution in [1.29, 1.82) is 0 Å². The van der Waals surface area contributed by atoms with E-state index in [0.29, 0.717) is 6.54 Å². The van der Waals surface area contributed by atoms with Crippen molar-refractivity contribution in [1.82, 2.24) is 10.2 Å². The van der Waals surface area contributed by atoms with Gasteiger partial charge >= 0.3 is 0 Å². The maximum atomic E-state index is 13.0. The first kappa shape index (κ1) is 14.2. The van der Waals surface area contributed by atoms with E-state index in [4.69, 9.17) is 6.42 Å². The monoisotopic (exact) mass is 248 g/mol. The molecule has 1 aromatic rings. The van der Waals surface area contributed by atoms with Crippen LogP contribution in [0.25, 0.3) is 0 Å². The van der Waals surface area contributed by atoms with Gasteiger partial charge in [-0.15, -0.1) is 6.42 Å². The Labute approximate surface area is 107 Å². The molecular weight excluding hydrogens is 231 g/mol. The van der Waals surface area contributed by atoms with Gasteiger partial charge in [-0.3, -0.25) is 9.69 Å². The van der Waals surface area contributed by atoms with E-state index < -0.39 is 0 Å². The second-order valence-electron chi connectivity index (χ2n) is 4.14. The summed E-state index contributed by atoms with van der Waals surface area (Å²) in [4.78, 5) is 13.5. The van der Waals surface area contributed by atoms with Gasteiger partial charge in [0, 0.05) is 6.54 Å². The Morgan fingerprint density at radius 3 is 2.94 bits per heavy atom. The molecule has 0 bridgehead atoms. The summed E-state index contributed by atoms with van der Waals surface area (Å²) in [6.45, 7) is 2.50. The normalized spacial score (nSPS) is 11.9. The van der Waals surface area contributed by atoms with Gasteiger partial charge in [-0.05, 0) is 31.7 Å². The van der Waals surface area contributed by atoms with Crippen LogP contribution in [0.3, 0.4) is 0 Å². The molecule has 1 N–H and O–H groups in total. The molecule has 1 amide bonds. The number of rotatable bonds is 5. The molecule has 0 heterocycles. The lowest BCUT2D eigenvalue weighted by Crippen LogP contribution is -2.43. The van der Waals surface area contributed by atoms with Crippen LogP contribution in [0.2, 0.25) is 0 Å². The number of hydrogen-bond donors (Lipinski definition) is 1. The van der Waals surface area contributed by atoms with E-state index in [9.17, 15) is 9.18 Å². The highest BCUT2D eigenvalue weighted by Crippen LogP contribution is 2.08. The Hall–Kier alpha value is -1.86. The molecule has 1 unspecified atom stereocenters. The Morgan fingerprint density at radius 1 is 1.61 bits per heavy atom. The number of amides is 1. The molecular formula is C14H17FN2O. The summed E-state index contributed by atoms with van der Waals surface area (Å²) in [7, 11) is 1.81. The number of nitrogens with one attached hydrogen (secondary N) is 1. The molecule has 4 heteroatoms. The Morgan fingerprint density at radius 2 is 2.33 bits per heavy atom. The predicted molar refractivity (Wildman–Crippen MR) is 69.2 cm³/mol. The van der Waals surface area contributed by atoms with Crippen molar-refractivity contribution >= 4 is 5.91 Å². The second-order valence-corrected chi connectivity index (χ2v) is 4.14. The lowest BCUT2D eigenvalue weighted by Gasteiger charge is -2.23. The van der Waals surface area contributed by atoms with Gasteiger partial charge in [0.15, 0.2) is 0 Å². The Balaban J connectivity index is 2.57.